The smallest absolute Gasteiger partial charge is 0.268 e. The lowest BCUT2D eigenvalue weighted by Gasteiger charge is -2.06. The quantitative estimate of drug-likeness (QED) is 0.754. The lowest BCUT2D eigenvalue weighted by molar-refractivity contribution is 0.147. The van der Waals surface area contributed by atoms with E-state index in [4.69, 9.17) is 28.3 Å². The number of halogens is 4. The molecular formula is C7H4Cl2F2O. The molecular weight excluding hydrogens is 209 g/mol. The molecule has 0 heterocycles. The van der Waals surface area contributed by atoms with Gasteiger partial charge in [-0.25, -0.2) is 8.78 Å². The summed E-state index contributed by atoms with van der Waals surface area (Å²) in [7, 11) is 0. The number of hydrogen-bond acceptors (Lipinski definition) is 1. The molecule has 0 atom stereocenters. The maximum atomic E-state index is 12.2. The van der Waals surface area contributed by atoms with Gasteiger partial charge in [-0.3, -0.25) is 0 Å². The first-order valence-corrected chi connectivity index (χ1v) is 3.74. The van der Waals surface area contributed by atoms with Gasteiger partial charge in [0.05, 0.1) is 15.6 Å². The van der Waals surface area contributed by atoms with Crippen LogP contribution in [0.15, 0.2) is 12.1 Å². The fourth-order valence-electron chi connectivity index (χ4n) is 0.764. The highest BCUT2D eigenvalue weighted by atomic mass is 35.5. The van der Waals surface area contributed by atoms with E-state index in [9.17, 15) is 8.78 Å². The second-order valence-corrected chi connectivity index (χ2v) is 2.88. The van der Waals surface area contributed by atoms with Gasteiger partial charge in [0, 0.05) is 0 Å². The molecule has 0 unspecified atom stereocenters. The van der Waals surface area contributed by atoms with Crippen LogP contribution in [0.1, 0.15) is 12.0 Å². The molecule has 0 saturated carbocycles. The Balaban J connectivity index is 3.33. The Kier molecular flexibility index (Phi) is 2.75. The molecule has 0 saturated heterocycles. The highest BCUT2D eigenvalue weighted by Crippen LogP contribution is 2.38. The van der Waals surface area contributed by atoms with Crippen molar-refractivity contribution in [1.82, 2.24) is 0 Å². The van der Waals surface area contributed by atoms with Crippen molar-refractivity contribution in [3.63, 3.8) is 0 Å². The topological polar surface area (TPSA) is 20.2 Å². The van der Waals surface area contributed by atoms with Crippen molar-refractivity contribution in [3.8, 4) is 5.75 Å². The molecule has 66 valence electrons. The van der Waals surface area contributed by atoms with E-state index < -0.39 is 17.7 Å². The van der Waals surface area contributed by atoms with Crippen LogP contribution in [0.25, 0.3) is 0 Å². The monoisotopic (exact) mass is 212 g/mol. The number of phenols is 1. The Hall–Kier alpha value is -0.540. The summed E-state index contributed by atoms with van der Waals surface area (Å²) in [5.74, 6) is -0.542. The molecule has 0 bridgehead atoms. The highest BCUT2D eigenvalue weighted by molar-refractivity contribution is 6.42. The van der Waals surface area contributed by atoms with E-state index in [1.54, 1.807) is 0 Å². The average Bonchev–Trinajstić information content (AvgIpc) is 1.97. The third-order valence-corrected chi connectivity index (χ3v) is 2.15. The molecule has 0 fully saturated rings. The summed E-state index contributed by atoms with van der Waals surface area (Å²) >= 11 is 10.9. The first-order valence-electron chi connectivity index (χ1n) is 2.99. The standard InChI is InChI=1S/C7H4Cl2F2O/c8-3-1-2-4(12)5(6(3)9)7(10)11/h1-2,7,12H. The Labute approximate surface area is 77.5 Å². The van der Waals surface area contributed by atoms with Gasteiger partial charge in [0.2, 0.25) is 0 Å². The van der Waals surface area contributed by atoms with Gasteiger partial charge < -0.3 is 5.11 Å². The zero-order valence-electron chi connectivity index (χ0n) is 5.69. The number of rotatable bonds is 1. The van der Waals surface area contributed by atoms with Gasteiger partial charge in [0.25, 0.3) is 6.43 Å². The van der Waals surface area contributed by atoms with Crippen LogP contribution >= 0.6 is 23.2 Å². The minimum Gasteiger partial charge on any atom is -0.507 e. The number of benzene rings is 1. The minimum atomic E-state index is -2.82. The molecule has 0 spiro atoms. The first-order chi connectivity index (χ1) is 5.54. The van der Waals surface area contributed by atoms with Crippen LogP contribution in [0.4, 0.5) is 8.78 Å². The fourth-order valence-corrected chi connectivity index (χ4v) is 1.17. The van der Waals surface area contributed by atoms with Crippen molar-refractivity contribution >= 4 is 23.2 Å². The molecule has 0 aliphatic heterocycles. The van der Waals surface area contributed by atoms with E-state index in [1.165, 1.54) is 6.07 Å². The van der Waals surface area contributed by atoms with Crippen molar-refractivity contribution < 1.29 is 13.9 Å². The molecule has 12 heavy (non-hydrogen) atoms. The van der Waals surface area contributed by atoms with Crippen LogP contribution in [-0.2, 0) is 0 Å². The van der Waals surface area contributed by atoms with Gasteiger partial charge in [-0.15, -0.1) is 0 Å². The van der Waals surface area contributed by atoms with Gasteiger partial charge in [-0.1, -0.05) is 23.2 Å². The Morgan fingerprint density at radius 1 is 1.25 bits per heavy atom. The lowest BCUT2D eigenvalue weighted by Crippen LogP contribution is -1.87. The fraction of sp³-hybridized carbons (Fsp3) is 0.143. The van der Waals surface area contributed by atoms with Gasteiger partial charge in [0.15, 0.2) is 0 Å². The summed E-state index contributed by atoms with van der Waals surface area (Å²) in [4.78, 5) is 0. The summed E-state index contributed by atoms with van der Waals surface area (Å²) in [5.41, 5.74) is -0.621. The summed E-state index contributed by atoms with van der Waals surface area (Å²) in [6.07, 6.45) is -2.82. The van der Waals surface area contributed by atoms with E-state index >= 15 is 0 Å². The minimum absolute atomic E-state index is 0.00441. The second kappa shape index (κ2) is 3.46. The molecule has 0 amide bonds. The van der Waals surface area contributed by atoms with Crippen molar-refractivity contribution in [2.45, 2.75) is 6.43 Å². The summed E-state index contributed by atoms with van der Waals surface area (Å²) in [5, 5.41) is 8.67. The van der Waals surface area contributed by atoms with Crippen molar-refractivity contribution in [3.05, 3.63) is 27.7 Å². The van der Waals surface area contributed by atoms with Crippen molar-refractivity contribution in [2.24, 2.45) is 0 Å². The van der Waals surface area contributed by atoms with Crippen LogP contribution in [0.5, 0.6) is 5.75 Å². The SMILES string of the molecule is Oc1ccc(Cl)c(Cl)c1C(F)F. The number of phenolic OH excluding ortho intramolecular Hbond substituents is 1. The third-order valence-electron chi connectivity index (χ3n) is 1.33. The zero-order chi connectivity index (χ0) is 9.30. The molecule has 0 aliphatic carbocycles. The van der Waals surface area contributed by atoms with E-state index in [2.05, 4.69) is 0 Å². The summed E-state index contributed by atoms with van der Waals surface area (Å²) in [6.45, 7) is 0. The van der Waals surface area contributed by atoms with E-state index in [1.807, 2.05) is 0 Å². The Bertz CT molecular complexity index is 302. The predicted octanol–water partition coefficient (Wildman–Crippen LogP) is 3.64. The highest BCUT2D eigenvalue weighted by Gasteiger charge is 2.18. The maximum absolute atomic E-state index is 12.2. The lowest BCUT2D eigenvalue weighted by atomic mass is 10.2. The Morgan fingerprint density at radius 3 is 2.25 bits per heavy atom. The molecule has 5 heteroatoms. The summed E-state index contributed by atoms with van der Waals surface area (Å²) < 4.78 is 24.3. The maximum Gasteiger partial charge on any atom is 0.268 e. The van der Waals surface area contributed by atoms with Crippen LogP contribution in [0, 0.1) is 0 Å². The molecule has 1 aromatic rings. The van der Waals surface area contributed by atoms with Gasteiger partial charge in [-0.05, 0) is 12.1 Å². The van der Waals surface area contributed by atoms with E-state index in [-0.39, 0.29) is 10.0 Å². The molecule has 1 nitrogen and oxygen atoms in total. The molecule has 1 aromatic carbocycles. The second-order valence-electron chi connectivity index (χ2n) is 2.09. The van der Waals surface area contributed by atoms with Crippen LogP contribution in [-0.4, -0.2) is 5.11 Å². The first kappa shape index (κ1) is 9.55. The average molecular weight is 213 g/mol. The number of hydrogen-bond donors (Lipinski definition) is 1. The van der Waals surface area contributed by atoms with Gasteiger partial charge in [-0.2, -0.15) is 0 Å². The van der Waals surface area contributed by atoms with Gasteiger partial charge in [0.1, 0.15) is 5.75 Å². The van der Waals surface area contributed by atoms with Gasteiger partial charge >= 0.3 is 0 Å². The molecule has 0 aromatic heterocycles. The van der Waals surface area contributed by atoms with E-state index in [0.29, 0.717) is 0 Å². The predicted molar refractivity (Wildman–Crippen MR) is 43.1 cm³/mol. The molecule has 0 aliphatic rings. The van der Waals surface area contributed by atoms with Crippen LogP contribution in [0.2, 0.25) is 10.0 Å². The third kappa shape index (κ3) is 1.62. The van der Waals surface area contributed by atoms with Crippen LogP contribution < -0.4 is 0 Å². The van der Waals surface area contributed by atoms with E-state index in [0.717, 1.165) is 6.07 Å². The normalized spacial score (nSPS) is 10.8. The van der Waals surface area contributed by atoms with Crippen molar-refractivity contribution in [1.29, 1.82) is 0 Å². The molecule has 1 rings (SSSR count). The van der Waals surface area contributed by atoms with Crippen molar-refractivity contribution in [2.75, 3.05) is 0 Å². The number of alkyl halides is 2. The molecule has 0 radical (unpaired) electrons. The number of aromatic hydroxyl groups is 1. The largest absolute Gasteiger partial charge is 0.507 e. The molecule has 1 N–H and O–H groups in total. The van der Waals surface area contributed by atoms with Crippen LogP contribution in [0.3, 0.4) is 0 Å². The summed E-state index contributed by atoms with van der Waals surface area (Å²) in [6, 6.07) is 2.33. The Morgan fingerprint density at radius 2 is 1.83 bits per heavy atom. The zero-order valence-corrected chi connectivity index (χ0v) is 7.20.